The summed E-state index contributed by atoms with van der Waals surface area (Å²) in [5.41, 5.74) is 3.07. The van der Waals surface area contributed by atoms with Crippen molar-refractivity contribution in [2.24, 2.45) is 0 Å². The summed E-state index contributed by atoms with van der Waals surface area (Å²) < 4.78 is 6.04. The molecule has 1 fully saturated rings. The molecule has 168 valence electrons. The van der Waals surface area contributed by atoms with E-state index in [1.807, 2.05) is 76.5 Å². The van der Waals surface area contributed by atoms with Gasteiger partial charge in [0.05, 0.1) is 5.92 Å². The SMILES string of the molecule is O=C(CCCc1ccccc1)N1CCN(C(=O)C2c3ccccc3Oc3ccccc32)CC1. The van der Waals surface area contributed by atoms with E-state index in [2.05, 4.69) is 12.1 Å². The number of para-hydroxylation sites is 2. The van der Waals surface area contributed by atoms with Crippen molar-refractivity contribution in [1.82, 2.24) is 9.80 Å². The molecule has 0 aromatic heterocycles. The molecule has 0 spiro atoms. The molecule has 2 aliphatic heterocycles. The van der Waals surface area contributed by atoms with Crippen LogP contribution in [0.4, 0.5) is 0 Å². The number of carbonyl (C=O) groups is 2. The highest BCUT2D eigenvalue weighted by molar-refractivity contribution is 5.90. The fourth-order valence-corrected chi connectivity index (χ4v) is 4.78. The van der Waals surface area contributed by atoms with Crippen molar-refractivity contribution in [1.29, 1.82) is 0 Å². The topological polar surface area (TPSA) is 49.9 Å². The van der Waals surface area contributed by atoms with Crippen LogP contribution in [0.2, 0.25) is 0 Å². The van der Waals surface area contributed by atoms with Crippen LogP contribution in [0.15, 0.2) is 78.9 Å². The third-order valence-electron chi connectivity index (χ3n) is 6.57. The maximum absolute atomic E-state index is 13.7. The molecule has 2 amide bonds. The summed E-state index contributed by atoms with van der Waals surface area (Å²) in [6, 6.07) is 25.8. The van der Waals surface area contributed by atoms with E-state index in [1.54, 1.807) is 0 Å². The molecular weight excluding hydrogens is 412 g/mol. The van der Waals surface area contributed by atoms with Crippen LogP contribution < -0.4 is 4.74 Å². The molecule has 2 heterocycles. The van der Waals surface area contributed by atoms with Gasteiger partial charge in [0.15, 0.2) is 0 Å². The smallest absolute Gasteiger partial charge is 0.234 e. The number of rotatable bonds is 5. The number of hydrogen-bond acceptors (Lipinski definition) is 3. The number of nitrogens with zero attached hydrogens (tertiary/aromatic N) is 2. The lowest BCUT2D eigenvalue weighted by atomic mass is 9.86. The predicted octanol–water partition coefficient (Wildman–Crippen LogP) is 4.62. The lowest BCUT2D eigenvalue weighted by Crippen LogP contribution is -2.51. The largest absolute Gasteiger partial charge is 0.457 e. The molecule has 3 aromatic rings. The van der Waals surface area contributed by atoms with E-state index >= 15 is 0 Å². The summed E-state index contributed by atoms with van der Waals surface area (Å²) in [4.78, 5) is 30.2. The van der Waals surface area contributed by atoms with Crippen molar-refractivity contribution >= 4 is 11.8 Å². The van der Waals surface area contributed by atoms with Crippen LogP contribution in [-0.2, 0) is 16.0 Å². The highest BCUT2D eigenvalue weighted by Crippen LogP contribution is 2.44. The maximum Gasteiger partial charge on any atom is 0.234 e. The Bertz CT molecular complexity index is 1090. The van der Waals surface area contributed by atoms with Gasteiger partial charge < -0.3 is 14.5 Å². The van der Waals surface area contributed by atoms with Gasteiger partial charge in [-0.1, -0.05) is 66.7 Å². The molecule has 3 aromatic carbocycles. The molecule has 0 unspecified atom stereocenters. The highest BCUT2D eigenvalue weighted by Gasteiger charge is 2.36. The minimum absolute atomic E-state index is 0.0781. The number of hydrogen-bond donors (Lipinski definition) is 0. The fourth-order valence-electron chi connectivity index (χ4n) is 4.78. The van der Waals surface area contributed by atoms with Crippen molar-refractivity contribution < 1.29 is 14.3 Å². The van der Waals surface area contributed by atoms with Gasteiger partial charge in [-0.3, -0.25) is 9.59 Å². The number of aryl methyl sites for hydroxylation is 1. The third kappa shape index (κ3) is 4.49. The van der Waals surface area contributed by atoms with E-state index in [0.29, 0.717) is 32.6 Å². The molecule has 0 N–H and O–H groups in total. The Kier molecular flexibility index (Phi) is 6.11. The molecule has 0 saturated carbocycles. The Morgan fingerprint density at radius 1 is 0.727 bits per heavy atom. The van der Waals surface area contributed by atoms with Crippen molar-refractivity contribution in [2.45, 2.75) is 25.2 Å². The molecule has 5 rings (SSSR count). The van der Waals surface area contributed by atoms with Gasteiger partial charge in [0.2, 0.25) is 11.8 Å². The van der Waals surface area contributed by atoms with Crippen LogP contribution in [0, 0.1) is 0 Å². The number of piperazine rings is 1. The van der Waals surface area contributed by atoms with Crippen LogP contribution in [0.3, 0.4) is 0 Å². The highest BCUT2D eigenvalue weighted by atomic mass is 16.5. The normalized spacial score (nSPS) is 15.4. The van der Waals surface area contributed by atoms with E-state index in [-0.39, 0.29) is 17.7 Å². The Morgan fingerprint density at radius 3 is 1.91 bits per heavy atom. The summed E-state index contributed by atoms with van der Waals surface area (Å²) >= 11 is 0. The second kappa shape index (κ2) is 9.49. The van der Waals surface area contributed by atoms with Crippen LogP contribution in [0.1, 0.15) is 35.4 Å². The molecule has 1 saturated heterocycles. The van der Waals surface area contributed by atoms with Gasteiger partial charge in [-0.05, 0) is 30.5 Å². The Labute approximate surface area is 194 Å². The Balaban J connectivity index is 1.21. The monoisotopic (exact) mass is 440 g/mol. The van der Waals surface area contributed by atoms with Gasteiger partial charge in [-0.15, -0.1) is 0 Å². The zero-order chi connectivity index (χ0) is 22.6. The van der Waals surface area contributed by atoms with Gasteiger partial charge in [-0.2, -0.15) is 0 Å². The van der Waals surface area contributed by atoms with Crippen molar-refractivity contribution in [3.05, 3.63) is 95.6 Å². The van der Waals surface area contributed by atoms with Crippen LogP contribution >= 0.6 is 0 Å². The van der Waals surface area contributed by atoms with Gasteiger partial charge >= 0.3 is 0 Å². The van der Waals surface area contributed by atoms with E-state index in [1.165, 1.54) is 5.56 Å². The molecule has 0 atom stereocenters. The van der Waals surface area contributed by atoms with E-state index < -0.39 is 0 Å². The number of ether oxygens (including phenoxy) is 1. The maximum atomic E-state index is 13.7. The van der Waals surface area contributed by atoms with E-state index in [9.17, 15) is 9.59 Å². The zero-order valence-electron chi connectivity index (χ0n) is 18.7. The lowest BCUT2D eigenvalue weighted by molar-refractivity contribution is -0.140. The first-order chi connectivity index (χ1) is 16.2. The number of amides is 2. The third-order valence-corrected chi connectivity index (χ3v) is 6.57. The Hall–Kier alpha value is -3.60. The van der Waals surface area contributed by atoms with Crippen molar-refractivity contribution in [2.75, 3.05) is 26.2 Å². The summed E-state index contributed by atoms with van der Waals surface area (Å²) in [7, 11) is 0. The molecular formula is C28H28N2O3. The number of fused-ring (bicyclic) bond motifs is 2. The average Bonchev–Trinajstić information content (AvgIpc) is 2.87. The quantitative estimate of drug-likeness (QED) is 0.582. The van der Waals surface area contributed by atoms with Crippen LogP contribution in [0.5, 0.6) is 11.5 Å². The molecule has 2 aliphatic rings. The summed E-state index contributed by atoms with van der Waals surface area (Å²) in [6.45, 7) is 2.29. The van der Waals surface area contributed by atoms with Gasteiger partial charge in [-0.25, -0.2) is 0 Å². The first-order valence-corrected chi connectivity index (χ1v) is 11.7. The molecule has 0 aliphatic carbocycles. The van der Waals surface area contributed by atoms with Crippen LogP contribution in [0.25, 0.3) is 0 Å². The number of benzene rings is 3. The fraction of sp³-hybridized carbons (Fsp3) is 0.286. The minimum atomic E-state index is -0.376. The minimum Gasteiger partial charge on any atom is -0.457 e. The summed E-state index contributed by atoms with van der Waals surface area (Å²) in [5.74, 6) is 1.36. The molecule has 5 nitrogen and oxygen atoms in total. The van der Waals surface area contributed by atoms with Gasteiger partial charge in [0, 0.05) is 43.7 Å². The lowest BCUT2D eigenvalue weighted by Gasteiger charge is -2.38. The Morgan fingerprint density at radius 2 is 1.27 bits per heavy atom. The molecule has 5 heteroatoms. The zero-order valence-corrected chi connectivity index (χ0v) is 18.7. The summed E-state index contributed by atoms with van der Waals surface area (Å²) in [6.07, 6.45) is 2.30. The predicted molar refractivity (Wildman–Crippen MR) is 127 cm³/mol. The van der Waals surface area contributed by atoms with E-state index in [4.69, 9.17) is 4.74 Å². The summed E-state index contributed by atoms with van der Waals surface area (Å²) in [5, 5.41) is 0. The average molecular weight is 441 g/mol. The molecule has 0 bridgehead atoms. The standard InChI is InChI=1S/C28H28N2O3/c31-26(16-8-11-21-9-2-1-3-10-21)29-17-19-30(20-18-29)28(32)27-22-12-4-6-14-24(22)33-25-15-7-5-13-23(25)27/h1-7,9-10,12-15,27H,8,11,16-20H2. The van der Waals surface area contributed by atoms with Crippen LogP contribution in [-0.4, -0.2) is 47.8 Å². The second-order valence-electron chi connectivity index (χ2n) is 8.66. The van der Waals surface area contributed by atoms with E-state index in [0.717, 1.165) is 35.5 Å². The van der Waals surface area contributed by atoms with Gasteiger partial charge in [0.25, 0.3) is 0 Å². The van der Waals surface area contributed by atoms with Gasteiger partial charge in [0.1, 0.15) is 11.5 Å². The number of carbonyl (C=O) groups excluding carboxylic acids is 2. The second-order valence-corrected chi connectivity index (χ2v) is 8.66. The van der Waals surface area contributed by atoms with Crippen molar-refractivity contribution in [3.63, 3.8) is 0 Å². The molecule has 0 radical (unpaired) electrons. The molecule has 33 heavy (non-hydrogen) atoms. The first kappa shape index (κ1) is 21.3. The first-order valence-electron chi connectivity index (χ1n) is 11.7. The van der Waals surface area contributed by atoms with Crippen molar-refractivity contribution in [3.8, 4) is 11.5 Å².